The fraction of sp³-hybridized carbons (Fsp3) is 0.400. The highest BCUT2D eigenvalue weighted by Gasteiger charge is 2.44. The molecule has 0 aliphatic carbocycles. The first-order valence-corrected chi connectivity index (χ1v) is 12.4. The van der Waals surface area contributed by atoms with Gasteiger partial charge in [-0.15, -0.1) is 0 Å². The first-order chi connectivity index (χ1) is 18.0. The monoisotopic (exact) mass is 588 g/mol. The van der Waals surface area contributed by atoms with Gasteiger partial charge in [0.25, 0.3) is 11.8 Å². The first-order valence-electron chi connectivity index (χ1n) is 11.6. The minimum absolute atomic E-state index is 0.0178. The van der Waals surface area contributed by atoms with E-state index in [1.807, 2.05) is 5.32 Å². The van der Waals surface area contributed by atoms with Gasteiger partial charge in [-0.2, -0.15) is 13.2 Å². The Kier molecular flexibility index (Phi) is 8.81. The molecule has 3 N–H and O–H groups in total. The molecule has 0 fully saturated rings. The third-order valence-electron chi connectivity index (χ3n) is 5.66. The van der Waals surface area contributed by atoms with Crippen molar-refractivity contribution in [2.75, 3.05) is 0 Å². The SMILES string of the molecule is CC(C)(C)OC(=O)CCC(C(N)=O)N1Cc2cc(C(=O)NC(c3ncc(Cl)cc3Cl)C(F)(F)F)ccc2C1=O. The van der Waals surface area contributed by atoms with Crippen molar-refractivity contribution < 1.29 is 37.1 Å². The molecule has 0 saturated heterocycles. The van der Waals surface area contributed by atoms with Gasteiger partial charge in [0, 0.05) is 30.3 Å². The minimum Gasteiger partial charge on any atom is -0.460 e. The van der Waals surface area contributed by atoms with Crippen LogP contribution in [0.4, 0.5) is 13.2 Å². The number of ether oxygens (including phenoxy) is 1. The lowest BCUT2D eigenvalue weighted by molar-refractivity contribution is -0.156. The van der Waals surface area contributed by atoms with Crippen LogP contribution in [0.1, 0.15) is 71.6 Å². The molecule has 2 aromatic rings. The Labute approximate surface area is 231 Å². The maximum absolute atomic E-state index is 13.8. The molecule has 3 rings (SSSR count). The Morgan fingerprint density at radius 1 is 1.18 bits per heavy atom. The van der Waals surface area contributed by atoms with Crippen LogP contribution in [0.2, 0.25) is 10.0 Å². The van der Waals surface area contributed by atoms with Gasteiger partial charge < -0.3 is 20.7 Å². The number of pyridine rings is 1. The summed E-state index contributed by atoms with van der Waals surface area (Å²) in [5.74, 6) is -3.10. The summed E-state index contributed by atoms with van der Waals surface area (Å²) >= 11 is 11.6. The summed E-state index contributed by atoms with van der Waals surface area (Å²) in [7, 11) is 0. The lowest BCUT2D eigenvalue weighted by atomic mass is 10.0. The molecule has 9 nitrogen and oxygen atoms in total. The highest BCUT2D eigenvalue weighted by Crippen LogP contribution is 2.36. The van der Waals surface area contributed by atoms with E-state index >= 15 is 0 Å². The van der Waals surface area contributed by atoms with Crippen molar-refractivity contribution in [1.82, 2.24) is 15.2 Å². The molecule has 1 aromatic heterocycles. The molecule has 1 aromatic carbocycles. The number of nitrogens with two attached hydrogens (primary N) is 1. The maximum Gasteiger partial charge on any atom is 0.414 e. The third-order valence-corrected chi connectivity index (χ3v) is 6.17. The molecule has 2 unspecified atom stereocenters. The summed E-state index contributed by atoms with van der Waals surface area (Å²) < 4.78 is 46.6. The predicted molar refractivity (Wildman–Crippen MR) is 135 cm³/mol. The van der Waals surface area contributed by atoms with Crippen LogP contribution in [-0.4, -0.2) is 51.4 Å². The average Bonchev–Trinajstić information content (AvgIpc) is 3.11. The number of carbonyl (C=O) groups is 4. The number of benzene rings is 1. The van der Waals surface area contributed by atoms with E-state index in [4.69, 9.17) is 33.7 Å². The zero-order valence-corrected chi connectivity index (χ0v) is 22.6. The second-order valence-corrected chi connectivity index (χ2v) is 10.7. The third kappa shape index (κ3) is 7.39. The molecule has 14 heteroatoms. The summed E-state index contributed by atoms with van der Waals surface area (Å²) in [6.45, 7) is 4.90. The van der Waals surface area contributed by atoms with Gasteiger partial charge in [0.1, 0.15) is 11.6 Å². The number of primary amides is 1. The van der Waals surface area contributed by atoms with Gasteiger partial charge in [0.2, 0.25) is 5.91 Å². The zero-order chi connectivity index (χ0) is 29.3. The zero-order valence-electron chi connectivity index (χ0n) is 21.1. The standard InChI is InChI=1S/C25H25Cl2F3N4O5/c1-24(2,3)39-18(35)7-6-17(21(31)36)34-11-13-8-12(4-5-15(13)23(34)38)22(37)33-20(25(28,29)30)19-16(27)9-14(26)10-32-19/h4-5,8-10,17,20H,6-7,11H2,1-3H3,(H2,31,36)(H,33,37). The fourth-order valence-electron chi connectivity index (χ4n) is 3.99. The molecule has 39 heavy (non-hydrogen) atoms. The molecule has 0 radical (unpaired) electrons. The van der Waals surface area contributed by atoms with Crippen molar-refractivity contribution in [1.29, 1.82) is 0 Å². The van der Waals surface area contributed by atoms with Gasteiger partial charge in [-0.25, -0.2) is 0 Å². The van der Waals surface area contributed by atoms with E-state index < -0.39 is 53.2 Å². The van der Waals surface area contributed by atoms with Crippen molar-refractivity contribution >= 4 is 46.9 Å². The number of carbonyl (C=O) groups excluding carboxylic acids is 4. The van der Waals surface area contributed by atoms with Gasteiger partial charge >= 0.3 is 12.1 Å². The number of alkyl halides is 3. The van der Waals surface area contributed by atoms with E-state index in [0.29, 0.717) is 5.56 Å². The second-order valence-electron chi connectivity index (χ2n) is 9.82. The Bertz CT molecular complexity index is 1310. The highest BCUT2D eigenvalue weighted by molar-refractivity contribution is 6.34. The smallest absolute Gasteiger partial charge is 0.414 e. The van der Waals surface area contributed by atoms with Gasteiger partial charge in [-0.3, -0.25) is 24.2 Å². The molecular formula is C25H25Cl2F3N4O5. The highest BCUT2D eigenvalue weighted by atomic mass is 35.5. The Balaban J connectivity index is 1.79. The summed E-state index contributed by atoms with van der Waals surface area (Å²) in [6.07, 6.45) is -4.24. The summed E-state index contributed by atoms with van der Waals surface area (Å²) in [4.78, 5) is 54.8. The van der Waals surface area contributed by atoms with E-state index in [9.17, 15) is 32.3 Å². The Hall–Kier alpha value is -3.38. The van der Waals surface area contributed by atoms with E-state index in [1.165, 1.54) is 18.2 Å². The molecular weight excluding hydrogens is 564 g/mol. The quantitative estimate of drug-likeness (QED) is 0.440. The number of amides is 3. The second kappa shape index (κ2) is 11.4. The van der Waals surface area contributed by atoms with Crippen molar-refractivity contribution in [2.24, 2.45) is 5.73 Å². The lowest BCUT2D eigenvalue weighted by Crippen LogP contribution is -2.45. The number of nitrogens with zero attached hydrogens (tertiary/aromatic N) is 2. The van der Waals surface area contributed by atoms with Crippen LogP contribution < -0.4 is 11.1 Å². The van der Waals surface area contributed by atoms with Crippen molar-refractivity contribution in [3.05, 3.63) is 62.9 Å². The first kappa shape index (κ1) is 30.2. The van der Waals surface area contributed by atoms with Crippen LogP contribution in [0.15, 0.2) is 30.5 Å². The summed E-state index contributed by atoms with van der Waals surface area (Å²) in [5, 5.41) is 1.51. The molecule has 2 atom stereocenters. The van der Waals surface area contributed by atoms with Gasteiger partial charge in [0.15, 0.2) is 6.04 Å². The number of rotatable bonds is 8. The average molecular weight is 589 g/mol. The van der Waals surface area contributed by atoms with E-state index in [0.717, 1.165) is 17.2 Å². The molecule has 2 heterocycles. The largest absolute Gasteiger partial charge is 0.460 e. The fourth-order valence-corrected chi connectivity index (χ4v) is 4.48. The van der Waals surface area contributed by atoms with Gasteiger partial charge in [-0.05, 0) is 57.0 Å². The van der Waals surface area contributed by atoms with Crippen LogP contribution in [0.3, 0.4) is 0 Å². The molecule has 210 valence electrons. The Morgan fingerprint density at radius 2 is 1.85 bits per heavy atom. The number of esters is 1. The van der Waals surface area contributed by atoms with Crippen LogP contribution >= 0.6 is 23.2 Å². The predicted octanol–water partition coefficient (Wildman–Crippen LogP) is 4.35. The minimum atomic E-state index is -4.94. The van der Waals surface area contributed by atoms with E-state index in [-0.39, 0.29) is 40.6 Å². The molecule has 0 spiro atoms. The van der Waals surface area contributed by atoms with Gasteiger partial charge in [0.05, 0.1) is 15.7 Å². The topological polar surface area (TPSA) is 132 Å². The van der Waals surface area contributed by atoms with E-state index in [2.05, 4.69) is 4.98 Å². The van der Waals surface area contributed by atoms with Crippen molar-refractivity contribution in [3.63, 3.8) is 0 Å². The number of aromatic nitrogens is 1. The molecule has 0 bridgehead atoms. The van der Waals surface area contributed by atoms with Crippen molar-refractivity contribution in [2.45, 2.75) is 64.0 Å². The van der Waals surface area contributed by atoms with Gasteiger partial charge in [-0.1, -0.05) is 23.2 Å². The van der Waals surface area contributed by atoms with Crippen molar-refractivity contribution in [3.8, 4) is 0 Å². The lowest BCUT2D eigenvalue weighted by Gasteiger charge is -2.25. The summed E-state index contributed by atoms with van der Waals surface area (Å²) in [6, 6.07) is 1.09. The number of nitrogens with one attached hydrogen (secondary N) is 1. The number of hydrogen-bond acceptors (Lipinski definition) is 6. The molecule has 1 aliphatic heterocycles. The molecule has 0 saturated carbocycles. The number of fused-ring (bicyclic) bond motifs is 1. The van der Waals surface area contributed by atoms with Crippen LogP contribution in [0.5, 0.6) is 0 Å². The number of hydrogen-bond donors (Lipinski definition) is 2. The number of halogens is 5. The normalized spacial score (nSPS) is 15.0. The molecule has 1 aliphatic rings. The summed E-state index contributed by atoms with van der Waals surface area (Å²) in [5.41, 5.74) is 4.38. The van der Waals surface area contributed by atoms with Crippen LogP contribution in [-0.2, 0) is 20.9 Å². The van der Waals surface area contributed by atoms with Crippen LogP contribution in [0, 0.1) is 0 Å². The maximum atomic E-state index is 13.8. The van der Waals surface area contributed by atoms with E-state index in [1.54, 1.807) is 20.8 Å². The van der Waals surface area contributed by atoms with Crippen LogP contribution in [0.25, 0.3) is 0 Å². The molecule has 3 amide bonds. The Morgan fingerprint density at radius 3 is 2.41 bits per heavy atom.